The van der Waals surface area contributed by atoms with Crippen molar-refractivity contribution < 1.29 is 14.8 Å². The summed E-state index contributed by atoms with van der Waals surface area (Å²) in [6, 6.07) is 4.83. The molecular formula is C15H22N2O4. The second kappa shape index (κ2) is 7.26. The van der Waals surface area contributed by atoms with Crippen LogP contribution in [0.1, 0.15) is 26.2 Å². The molecule has 1 fully saturated rings. The van der Waals surface area contributed by atoms with Gasteiger partial charge >= 0.3 is 5.69 Å². The Bertz CT molecular complexity index is 493. The minimum Gasteiger partial charge on any atom is -0.487 e. The molecule has 0 radical (unpaired) electrons. The molecule has 1 saturated carbocycles. The maximum Gasteiger partial charge on any atom is 0.311 e. The number of hydrogen-bond acceptors (Lipinski definition) is 5. The SMILES string of the molecule is CCOc1cc(NCC2CCCC2CO)ccc1[N+](=O)[O-]. The molecule has 2 N–H and O–H groups in total. The van der Waals surface area contributed by atoms with Crippen molar-refractivity contribution in [2.45, 2.75) is 26.2 Å². The van der Waals surface area contributed by atoms with E-state index in [0.717, 1.165) is 31.5 Å². The molecule has 0 bridgehead atoms. The van der Waals surface area contributed by atoms with E-state index in [1.165, 1.54) is 6.07 Å². The summed E-state index contributed by atoms with van der Waals surface area (Å²) in [6.45, 7) is 3.19. The van der Waals surface area contributed by atoms with E-state index in [1.54, 1.807) is 19.1 Å². The van der Waals surface area contributed by atoms with Gasteiger partial charge in [-0.15, -0.1) is 0 Å². The lowest BCUT2D eigenvalue weighted by Crippen LogP contribution is -2.20. The van der Waals surface area contributed by atoms with Crippen LogP contribution in [0.3, 0.4) is 0 Å². The molecule has 2 rings (SSSR count). The largest absolute Gasteiger partial charge is 0.487 e. The van der Waals surface area contributed by atoms with E-state index in [2.05, 4.69) is 5.32 Å². The van der Waals surface area contributed by atoms with E-state index in [9.17, 15) is 15.2 Å². The van der Waals surface area contributed by atoms with Gasteiger partial charge in [0, 0.05) is 31.0 Å². The van der Waals surface area contributed by atoms with E-state index in [1.807, 2.05) is 0 Å². The zero-order valence-electron chi connectivity index (χ0n) is 12.2. The van der Waals surface area contributed by atoms with Crippen LogP contribution in [0.2, 0.25) is 0 Å². The Morgan fingerprint density at radius 1 is 1.43 bits per heavy atom. The first-order valence-corrected chi connectivity index (χ1v) is 7.41. The number of hydrogen-bond donors (Lipinski definition) is 2. The van der Waals surface area contributed by atoms with Crippen LogP contribution in [-0.2, 0) is 0 Å². The first-order valence-electron chi connectivity index (χ1n) is 7.41. The molecule has 6 nitrogen and oxygen atoms in total. The highest BCUT2D eigenvalue weighted by Crippen LogP contribution is 2.33. The third kappa shape index (κ3) is 3.85. The first kappa shape index (κ1) is 15.6. The number of anilines is 1. The third-order valence-corrected chi connectivity index (χ3v) is 4.08. The predicted octanol–water partition coefficient (Wildman–Crippen LogP) is 2.81. The molecule has 1 aliphatic carbocycles. The number of nitro groups is 1. The van der Waals surface area contributed by atoms with Crippen LogP contribution >= 0.6 is 0 Å². The maximum absolute atomic E-state index is 10.9. The van der Waals surface area contributed by atoms with Gasteiger partial charge in [-0.1, -0.05) is 6.42 Å². The summed E-state index contributed by atoms with van der Waals surface area (Å²) in [5.74, 6) is 1.11. The van der Waals surface area contributed by atoms with Gasteiger partial charge in [0.1, 0.15) is 0 Å². The highest BCUT2D eigenvalue weighted by molar-refractivity contribution is 5.58. The average Bonchev–Trinajstić information content (AvgIpc) is 2.93. The monoisotopic (exact) mass is 294 g/mol. The van der Waals surface area contributed by atoms with Gasteiger partial charge in [-0.2, -0.15) is 0 Å². The fourth-order valence-electron chi connectivity index (χ4n) is 2.92. The van der Waals surface area contributed by atoms with Crippen molar-refractivity contribution in [3.8, 4) is 5.75 Å². The van der Waals surface area contributed by atoms with Gasteiger partial charge in [0.25, 0.3) is 0 Å². The van der Waals surface area contributed by atoms with E-state index in [4.69, 9.17) is 4.74 Å². The number of rotatable bonds is 7. The van der Waals surface area contributed by atoms with E-state index < -0.39 is 4.92 Å². The minimum atomic E-state index is -0.437. The normalized spacial score (nSPS) is 21.2. The smallest absolute Gasteiger partial charge is 0.311 e. The molecule has 2 atom stereocenters. The Morgan fingerprint density at radius 3 is 2.86 bits per heavy atom. The molecule has 1 aromatic carbocycles. The van der Waals surface area contributed by atoms with Crippen molar-refractivity contribution in [2.75, 3.05) is 25.1 Å². The first-order chi connectivity index (χ1) is 10.2. The average molecular weight is 294 g/mol. The predicted molar refractivity (Wildman–Crippen MR) is 80.7 cm³/mol. The van der Waals surface area contributed by atoms with Crippen LogP contribution in [0.4, 0.5) is 11.4 Å². The number of nitro benzene ring substituents is 1. The Labute approximate surface area is 124 Å². The lowest BCUT2D eigenvalue weighted by atomic mass is 9.97. The molecule has 21 heavy (non-hydrogen) atoms. The molecule has 1 aromatic rings. The van der Waals surface area contributed by atoms with Gasteiger partial charge in [-0.3, -0.25) is 10.1 Å². The Morgan fingerprint density at radius 2 is 2.19 bits per heavy atom. The number of ether oxygens (including phenoxy) is 1. The van der Waals surface area contributed by atoms with Crippen molar-refractivity contribution in [3.63, 3.8) is 0 Å². The van der Waals surface area contributed by atoms with Crippen molar-refractivity contribution in [2.24, 2.45) is 11.8 Å². The van der Waals surface area contributed by atoms with Crippen molar-refractivity contribution in [3.05, 3.63) is 28.3 Å². The van der Waals surface area contributed by atoms with E-state index in [-0.39, 0.29) is 18.0 Å². The van der Waals surface area contributed by atoms with Crippen molar-refractivity contribution >= 4 is 11.4 Å². The Kier molecular flexibility index (Phi) is 5.38. The van der Waals surface area contributed by atoms with Gasteiger partial charge in [0.05, 0.1) is 11.5 Å². The highest BCUT2D eigenvalue weighted by Gasteiger charge is 2.26. The van der Waals surface area contributed by atoms with Crippen LogP contribution in [0.25, 0.3) is 0 Å². The van der Waals surface area contributed by atoms with Crippen LogP contribution in [0.5, 0.6) is 5.75 Å². The summed E-state index contributed by atoms with van der Waals surface area (Å²) in [4.78, 5) is 10.5. The molecule has 0 amide bonds. The lowest BCUT2D eigenvalue weighted by Gasteiger charge is -2.18. The second-order valence-corrected chi connectivity index (χ2v) is 5.39. The lowest BCUT2D eigenvalue weighted by molar-refractivity contribution is -0.385. The fourth-order valence-corrected chi connectivity index (χ4v) is 2.92. The summed E-state index contributed by atoms with van der Waals surface area (Å²) in [5.41, 5.74) is 0.796. The summed E-state index contributed by atoms with van der Waals surface area (Å²) in [5, 5.41) is 23.6. The van der Waals surface area contributed by atoms with Gasteiger partial charge < -0.3 is 15.2 Å². The second-order valence-electron chi connectivity index (χ2n) is 5.39. The van der Waals surface area contributed by atoms with Crippen LogP contribution < -0.4 is 10.1 Å². The molecule has 0 aromatic heterocycles. The Balaban J connectivity index is 2.03. The number of nitrogens with one attached hydrogen (secondary N) is 1. The summed E-state index contributed by atoms with van der Waals surface area (Å²) < 4.78 is 5.33. The van der Waals surface area contributed by atoms with Crippen molar-refractivity contribution in [1.82, 2.24) is 0 Å². The van der Waals surface area contributed by atoms with Crippen LogP contribution in [0.15, 0.2) is 18.2 Å². The molecule has 2 unspecified atom stereocenters. The topological polar surface area (TPSA) is 84.6 Å². The van der Waals surface area contributed by atoms with Crippen LogP contribution in [-0.4, -0.2) is 29.8 Å². The van der Waals surface area contributed by atoms with Crippen LogP contribution in [0, 0.1) is 22.0 Å². The maximum atomic E-state index is 10.9. The Hall–Kier alpha value is -1.82. The zero-order chi connectivity index (χ0) is 15.2. The summed E-state index contributed by atoms with van der Waals surface area (Å²) in [6.07, 6.45) is 3.35. The molecule has 116 valence electrons. The standard InChI is InChI=1S/C15H22N2O4/c1-2-21-15-8-13(6-7-14(15)17(19)20)16-9-11-4-3-5-12(11)10-18/h6-8,11-12,16,18H,2-5,9-10H2,1H3. The molecule has 6 heteroatoms. The number of nitrogens with zero attached hydrogens (tertiary/aromatic N) is 1. The minimum absolute atomic E-state index is 0.0171. The van der Waals surface area contributed by atoms with E-state index >= 15 is 0 Å². The number of aliphatic hydroxyl groups excluding tert-OH is 1. The highest BCUT2D eigenvalue weighted by atomic mass is 16.6. The molecule has 0 saturated heterocycles. The van der Waals surface area contributed by atoms with Gasteiger partial charge in [0.15, 0.2) is 5.75 Å². The van der Waals surface area contributed by atoms with Crippen molar-refractivity contribution in [1.29, 1.82) is 0 Å². The summed E-state index contributed by atoms with van der Waals surface area (Å²) >= 11 is 0. The number of aliphatic hydroxyl groups is 1. The molecule has 0 aliphatic heterocycles. The summed E-state index contributed by atoms with van der Waals surface area (Å²) in [7, 11) is 0. The quantitative estimate of drug-likeness (QED) is 0.596. The zero-order valence-corrected chi connectivity index (χ0v) is 12.2. The van der Waals surface area contributed by atoms with Gasteiger partial charge in [-0.05, 0) is 37.7 Å². The molecular weight excluding hydrogens is 272 g/mol. The molecule has 0 spiro atoms. The molecule has 1 aliphatic rings. The van der Waals surface area contributed by atoms with E-state index in [0.29, 0.717) is 18.4 Å². The van der Waals surface area contributed by atoms with Gasteiger partial charge in [0.2, 0.25) is 0 Å². The molecule has 0 heterocycles. The van der Waals surface area contributed by atoms with Gasteiger partial charge in [-0.25, -0.2) is 0 Å². The third-order valence-electron chi connectivity index (χ3n) is 4.08. The number of benzene rings is 1. The fraction of sp³-hybridized carbons (Fsp3) is 0.600.